The highest BCUT2D eigenvalue weighted by atomic mass is 16.5. The maximum atomic E-state index is 11.2. The molecule has 1 heterocycles. The Morgan fingerprint density at radius 2 is 2.00 bits per heavy atom. The molecule has 0 aliphatic carbocycles. The molecule has 2 rings (SSSR count). The van der Waals surface area contributed by atoms with Crippen molar-refractivity contribution in [2.24, 2.45) is 5.73 Å². The number of benzene rings is 1. The molecule has 5 heteroatoms. The SMILES string of the molecule is COC(=O)[C@@H](N)Cc1ccc(Oc2cccnc2)cc1. The Balaban J connectivity index is 1.98. The van der Waals surface area contributed by atoms with Gasteiger partial charge in [0.1, 0.15) is 17.5 Å². The van der Waals surface area contributed by atoms with E-state index >= 15 is 0 Å². The number of hydrogen-bond donors (Lipinski definition) is 1. The molecule has 0 bridgehead atoms. The predicted octanol–water partition coefficient (Wildman–Crippen LogP) is 1.92. The minimum absolute atomic E-state index is 0.416. The van der Waals surface area contributed by atoms with Crippen LogP contribution in [0.3, 0.4) is 0 Å². The molecule has 104 valence electrons. The normalized spacial score (nSPS) is 11.7. The highest BCUT2D eigenvalue weighted by Gasteiger charge is 2.14. The van der Waals surface area contributed by atoms with Crippen LogP contribution in [0.2, 0.25) is 0 Å². The third-order valence-electron chi connectivity index (χ3n) is 2.75. The molecule has 0 saturated heterocycles. The molecule has 0 aliphatic rings. The van der Waals surface area contributed by atoms with Crippen LogP contribution in [0.25, 0.3) is 0 Å². The number of hydrogen-bond acceptors (Lipinski definition) is 5. The topological polar surface area (TPSA) is 74.4 Å². The Morgan fingerprint density at radius 3 is 2.60 bits per heavy atom. The molecule has 0 radical (unpaired) electrons. The lowest BCUT2D eigenvalue weighted by Crippen LogP contribution is -2.33. The number of ether oxygens (including phenoxy) is 2. The molecule has 1 aromatic heterocycles. The van der Waals surface area contributed by atoms with Crippen LogP contribution in [0.5, 0.6) is 11.5 Å². The van der Waals surface area contributed by atoms with Crippen LogP contribution in [0, 0.1) is 0 Å². The molecule has 0 fully saturated rings. The van der Waals surface area contributed by atoms with Crippen LogP contribution in [0.1, 0.15) is 5.56 Å². The zero-order valence-electron chi connectivity index (χ0n) is 11.2. The summed E-state index contributed by atoms with van der Waals surface area (Å²) >= 11 is 0. The average Bonchev–Trinajstić information content (AvgIpc) is 2.49. The second kappa shape index (κ2) is 6.68. The summed E-state index contributed by atoms with van der Waals surface area (Å²) in [5.74, 6) is 0.959. The highest BCUT2D eigenvalue weighted by Crippen LogP contribution is 2.20. The average molecular weight is 272 g/mol. The van der Waals surface area contributed by atoms with Crippen molar-refractivity contribution in [2.45, 2.75) is 12.5 Å². The number of pyridine rings is 1. The van der Waals surface area contributed by atoms with E-state index in [1.165, 1.54) is 7.11 Å². The summed E-state index contributed by atoms with van der Waals surface area (Å²) < 4.78 is 10.2. The third-order valence-corrected chi connectivity index (χ3v) is 2.75. The van der Waals surface area contributed by atoms with E-state index < -0.39 is 12.0 Å². The lowest BCUT2D eigenvalue weighted by atomic mass is 10.1. The molecule has 0 amide bonds. The fourth-order valence-corrected chi connectivity index (χ4v) is 1.73. The van der Waals surface area contributed by atoms with Crippen molar-refractivity contribution in [3.05, 3.63) is 54.4 Å². The molecule has 0 aliphatic heterocycles. The van der Waals surface area contributed by atoms with Crippen LogP contribution in [-0.2, 0) is 16.0 Å². The summed E-state index contributed by atoms with van der Waals surface area (Å²) in [5, 5.41) is 0. The minimum atomic E-state index is -0.648. The third kappa shape index (κ3) is 3.80. The van der Waals surface area contributed by atoms with Gasteiger partial charge in [-0.2, -0.15) is 0 Å². The fourth-order valence-electron chi connectivity index (χ4n) is 1.73. The molecule has 1 aromatic carbocycles. The quantitative estimate of drug-likeness (QED) is 0.842. The van der Waals surface area contributed by atoms with Crippen molar-refractivity contribution in [1.29, 1.82) is 0 Å². The first-order chi connectivity index (χ1) is 9.69. The van der Waals surface area contributed by atoms with Crippen LogP contribution >= 0.6 is 0 Å². The Hall–Kier alpha value is -2.40. The molecule has 2 aromatic rings. The van der Waals surface area contributed by atoms with E-state index in [4.69, 9.17) is 10.5 Å². The number of methoxy groups -OCH3 is 1. The van der Waals surface area contributed by atoms with E-state index in [9.17, 15) is 4.79 Å². The maximum Gasteiger partial charge on any atom is 0.322 e. The summed E-state index contributed by atoms with van der Waals surface area (Å²) in [6.45, 7) is 0. The van der Waals surface area contributed by atoms with E-state index in [0.29, 0.717) is 17.9 Å². The van der Waals surface area contributed by atoms with E-state index in [0.717, 1.165) is 5.56 Å². The Morgan fingerprint density at radius 1 is 1.25 bits per heavy atom. The molecule has 1 atom stereocenters. The van der Waals surface area contributed by atoms with Gasteiger partial charge in [-0.3, -0.25) is 9.78 Å². The van der Waals surface area contributed by atoms with Crippen molar-refractivity contribution in [1.82, 2.24) is 4.98 Å². The number of aromatic nitrogens is 1. The number of esters is 1. The smallest absolute Gasteiger partial charge is 0.322 e. The fraction of sp³-hybridized carbons (Fsp3) is 0.200. The van der Waals surface area contributed by atoms with Crippen molar-refractivity contribution < 1.29 is 14.3 Å². The van der Waals surface area contributed by atoms with Crippen molar-refractivity contribution in [3.8, 4) is 11.5 Å². The first kappa shape index (κ1) is 14.0. The standard InChI is InChI=1S/C15H16N2O3/c1-19-15(18)14(16)9-11-4-6-12(7-5-11)20-13-3-2-8-17-10-13/h2-8,10,14H,9,16H2,1H3/t14-/m0/s1. The summed E-state index contributed by atoms with van der Waals surface area (Å²) in [4.78, 5) is 15.2. The zero-order valence-corrected chi connectivity index (χ0v) is 11.2. The van der Waals surface area contributed by atoms with Crippen LogP contribution in [0.15, 0.2) is 48.8 Å². The van der Waals surface area contributed by atoms with E-state index in [-0.39, 0.29) is 0 Å². The Kier molecular flexibility index (Phi) is 4.68. The summed E-state index contributed by atoms with van der Waals surface area (Å²) in [7, 11) is 1.33. The summed E-state index contributed by atoms with van der Waals surface area (Å²) in [6.07, 6.45) is 3.76. The second-order valence-corrected chi connectivity index (χ2v) is 4.27. The van der Waals surface area contributed by atoms with Crippen molar-refractivity contribution >= 4 is 5.97 Å². The van der Waals surface area contributed by atoms with Gasteiger partial charge in [-0.15, -0.1) is 0 Å². The van der Waals surface area contributed by atoms with Gasteiger partial charge in [-0.25, -0.2) is 0 Å². The number of carbonyl (C=O) groups excluding carboxylic acids is 1. The number of carbonyl (C=O) groups is 1. The molecule has 0 unspecified atom stereocenters. The van der Waals surface area contributed by atoms with Gasteiger partial charge >= 0.3 is 5.97 Å². The summed E-state index contributed by atoms with van der Waals surface area (Å²) in [5.41, 5.74) is 6.65. The first-order valence-corrected chi connectivity index (χ1v) is 6.19. The van der Waals surface area contributed by atoms with Gasteiger partial charge in [0.25, 0.3) is 0 Å². The Labute approximate surface area is 117 Å². The van der Waals surface area contributed by atoms with Gasteiger partial charge in [0.05, 0.1) is 13.3 Å². The molecule has 5 nitrogen and oxygen atoms in total. The number of nitrogens with two attached hydrogens (primary N) is 1. The van der Waals surface area contributed by atoms with Gasteiger partial charge in [0.2, 0.25) is 0 Å². The largest absolute Gasteiger partial charge is 0.468 e. The van der Waals surface area contributed by atoms with Crippen LogP contribution in [-0.4, -0.2) is 24.1 Å². The summed E-state index contributed by atoms with van der Waals surface area (Å²) in [6, 6.07) is 10.4. The van der Waals surface area contributed by atoms with E-state index in [2.05, 4.69) is 9.72 Å². The molecule has 2 N–H and O–H groups in total. The Bertz CT molecular complexity index is 555. The van der Waals surface area contributed by atoms with Gasteiger partial charge in [0.15, 0.2) is 0 Å². The van der Waals surface area contributed by atoms with Crippen molar-refractivity contribution in [2.75, 3.05) is 7.11 Å². The van der Waals surface area contributed by atoms with Crippen molar-refractivity contribution in [3.63, 3.8) is 0 Å². The monoisotopic (exact) mass is 272 g/mol. The van der Waals surface area contributed by atoms with Gasteiger partial charge < -0.3 is 15.2 Å². The predicted molar refractivity (Wildman–Crippen MR) is 74.4 cm³/mol. The van der Waals surface area contributed by atoms with Gasteiger partial charge in [-0.1, -0.05) is 12.1 Å². The van der Waals surface area contributed by atoms with Gasteiger partial charge in [0, 0.05) is 6.20 Å². The molecular weight excluding hydrogens is 256 g/mol. The van der Waals surface area contributed by atoms with Crippen LogP contribution in [0.4, 0.5) is 0 Å². The lowest BCUT2D eigenvalue weighted by molar-refractivity contribution is -0.142. The molecule has 20 heavy (non-hydrogen) atoms. The van der Waals surface area contributed by atoms with Crippen LogP contribution < -0.4 is 10.5 Å². The maximum absolute atomic E-state index is 11.2. The highest BCUT2D eigenvalue weighted by molar-refractivity contribution is 5.75. The van der Waals surface area contributed by atoms with E-state index in [1.54, 1.807) is 18.5 Å². The number of nitrogens with zero attached hydrogens (tertiary/aromatic N) is 1. The minimum Gasteiger partial charge on any atom is -0.468 e. The molecule has 0 saturated carbocycles. The molecule has 0 spiro atoms. The number of rotatable bonds is 5. The first-order valence-electron chi connectivity index (χ1n) is 6.19. The molecular formula is C15H16N2O3. The second-order valence-electron chi connectivity index (χ2n) is 4.27. The van der Waals surface area contributed by atoms with Gasteiger partial charge in [-0.05, 0) is 36.2 Å². The lowest BCUT2D eigenvalue weighted by Gasteiger charge is -2.10. The van der Waals surface area contributed by atoms with E-state index in [1.807, 2.05) is 30.3 Å². The zero-order chi connectivity index (χ0) is 14.4.